The lowest BCUT2D eigenvalue weighted by molar-refractivity contribution is 1.60. The van der Waals surface area contributed by atoms with Gasteiger partial charge in [-0.2, -0.15) is 0 Å². The average molecular weight is 253 g/mol. The Labute approximate surface area is 104 Å². The molecule has 0 radical (unpaired) electrons. The standard InChI is InChI=1S/C12H10Cl2N2/c13-9-3-1-7(2-4-9)8-5-10(14)12(16)11(15)6-8/h1-6H,15-16H2. The molecule has 0 aliphatic rings. The van der Waals surface area contributed by atoms with E-state index in [1.54, 1.807) is 12.1 Å². The summed E-state index contributed by atoms with van der Waals surface area (Å²) in [6, 6.07) is 11.0. The Balaban J connectivity index is 2.52. The molecule has 0 aromatic heterocycles. The number of hydrogen-bond donors (Lipinski definition) is 2. The van der Waals surface area contributed by atoms with Crippen molar-refractivity contribution in [2.45, 2.75) is 0 Å². The van der Waals surface area contributed by atoms with Crippen LogP contribution in [0.4, 0.5) is 11.4 Å². The van der Waals surface area contributed by atoms with Crippen LogP contribution in [0, 0.1) is 0 Å². The molecule has 2 aromatic carbocycles. The number of nitrogens with two attached hydrogens (primary N) is 2. The van der Waals surface area contributed by atoms with Gasteiger partial charge in [-0.3, -0.25) is 0 Å². The van der Waals surface area contributed by atoms with E-state index in [0.717, 1.165) is 11.1 Å². The molecule has 16 heavy (non-hydrogen) atoms. The van der Waals surface area contributed by atoms with Crippen LogP contribution >= 0.6 is 23.2 Å². The number of nitrogen functional groups attached to an aromatic ring is 2. The second-order valence-electron chi connectivity index (χ2n) is 3.47. The van der Waals surface area contributed by atoms with E-state index in [2.05, 4.69) is 0 Å². The fourth-order valence-corrected chi connectivity index (χ4v) is 1.80. The minimum Gasteiger partial charge on any atom is -0.397 e. The van der Waals surface area contributed by atoms with Crippen molar-refractivity contribution < 1.29 is 0 Å². The highest BCUT2D eigenvalue weighted by atomic mass is 35.5. The van der Waals surface area contributed by atoms with Gasteiger partial charge < -0.3 is 11.5 Å². The van der Waals surface area contributed by atoms with Gasteiger partial charge in [-0.1, -0.05) is 35.3 Å². The first-order chi connectivity index (χ1) is 7.58. The maximum absolute atomic E-state index is 5.97. The Morgan fingerprint density at radius 2 is 1.44 bits per heavy atom. The molecule has 2 rings (SSSR count). The third kappa shape index (κ3) is 2.08. The summed E-state index contributed by atoms with van der Waals surface area (Å²) in [5, 5.41) is 1.16. The van der Waals surface area contributed by atoms with Gasteiger partial charge in [0, 0.05) is 5.02 Å². The molecule has 2 nitrogen and oxygen atoms in total. The molecular weight excluding hydrogens is 243 g/mol. The molecule has 0 amide bonds. The number of halogens is 2. The summed E-state index contributed by atoms with van der Waals surface area (Å²) in [6.45, 7) is 0. The van der Waals surface area contributed by atoms with Gasteiger partial charge in [0.05, 0.1) is 16.4 Å². The van der Waals surface area contributed by atoms with E-state index < -0.39 is 0 Å². The summed E-state index contributed by atoms with van der Waals surface area (Å²) in [5.41, 5.74) is 14.3. The van der Waals surface area contributed by atoms with Gasteiger partial charge in [-0.05, 0) is 35.4 Å². The molecule has 0 heterocycles. The van der Waals surface area contributed by atoms with Crippen molar-refractivity contribution in [3.63, 3.8) is 0 Å². The summed E-state index contributed by atoms with van der Waals surface area (Å²) in [4.78, 5) is 0. The van der Waals surface area contributed by atoms with Gasteiger partial charge in [-0.25, -0.2) is 0 Å². The summed E-state index contributed by atoms with van der Waals surface area (Å²) in [5.74, 6) is 0. The third-order valence-electron chi connectivity index (χ3n) is 2.34. The molecule has 0 saturated heterocycles. The normalized spacial score (nSPS) is 10.4. The smallest absolute Gasteiger partial charge is 0.0737 e. The number of rotatable bonds is 1. The molecule has 0 bridgehead atoms. The van der Waals surface area contributed by atoms with Crippen LogP contribution in [0.3, 0.4) is 0 Å². The van der Waals surface area contributed by atoms with Crippen molar-refractivity contribution in [2.75, 3.05) is 11.5 Å². The van der Waals surface area contributed by atoms with E-state index in [9.17, 15) is 0 Å². The van der Waals surface area contributed by atoms with Crippen molar-refractivity contribution in [1.82, 2.24) is 0 Å². The Hall–Kier alpha value is -1.38. The predicted octanol–water partition coefficient (Wildman–Crippen LogP) is 3.82. The van der Waals surface area contributed by atoms with Crippen LogP contribution < -0.4 is 11.5 Å². The highest BCUT2D eigenvalue weighted by molar-refractivity contribution is 6.34. The van der Waals surface area contributed by atoms with Gasteiger partial charge in [0.15, 0.2) is 0 Å². The molecule has 0 atom stereocenters. The van der Waals surface area contributed by atoms with E-state index in [1.807, 2.05) is 24.3 Å². The van der Waals surface area contributed by atoms with E-state index in [-0.39, 0.29) is 0 Å². The fourth-order valence-electron chi connectivity index (χ4n) is 1.45. The topological polar surface area (TPSA) is 52.0 Å². The van der Waals surface area contributed by atoms with Gasteiger partial charge in [0.2, 0.25) is 0 Å². The zero-order valence-corrected chi connectivity index (χ0v) is 9.89. The zero-order valence-electron chi connectivity index (χ0n) is 8.37. The maximum atomic E-state index is 5.97. The van der Waals surface area contributed by atoms with Gasteiger partial charge >= 0.3 is 0 Å². The van der Waals surface area contributed by atoms with E-state index >= 15 is 0 Å². The Kier molecular flexibility index (Phi) is 2.95. The fraction of sp³-hybridized carbons (Fsp3) is 0. The number of hydrogen-bond acceptors (Lipinski definition) is 2. The van der Waals surface area contributed by atoms with Crippen LogP contribution in [0.25, 0.3) is 11.1 Å². The Morgan fingerprint density at radius 3 is 2.00 bits per heavy atom. The van der Waals surface area contributed by atoms with Crippen LogP contribution in [-0.4, -0.2) is 0 Å². The van der Waals surface area contributed by atoms with Crippen LogP contribution in [-0.2, 0) is 0 Å². The number of anilines is 2. The summed E-state index contributed by atoms with van der Waals surface area (Å²) in [6.07, 6.45) is 0. The lowest BCUT2D eigenvalue weighted by Crippen LogP contribution is -1.95. The number of benzene rings is 2. The molecule has 0 saturated carbocycles. The van der Waals surface area contributed by atoms with Crippen molar-refractivity contribution >= 4 is 34.6 Å². The predicted molar refractivity (Wildman–Crippen MR) is 70.7 cm³/mol. The lowest BCUT2D eigenvalue weighted by atomic mass is 10.0. The van der Waals surface area contributed by atoms with E-state index in [4.69, 9.17) is 34.7 Å². The first-order valence-electron chi connectivity index (χ1n) is 4.68. The van der Waals surface area contributed by atoms with Crippen LogP contribution in [0.2, 0.25) is 10.0 Å². The van der Waals surface area contributed by atoms with Crippen molar-refractivity contribution in [1.29, 1.82) is 0 Å². The molecule has 2 aromatic rings. The summed E-state index contributed by atoms with van der Waals surface area (Å²) >= 11 is 11.8. The van der Waals surface area contributed by atoms with Crippen molar-refractivity contribution in [2.24, 2.45) is 0 Å². The van der Waals surface area contributed by atoms with Crippen LogP contribution in [0.5, 0.6) is 0 Å². The van der Waals surface area contributed by atoms with E-state index in [0.29, 0.717) is 21.4 Å². The van der Waals surface area contributed by atoms with Gasteiger partial charge in [0.25, 0.3) is 0 Å². The molecule has 82 valence electrons. The molecule has 4 heteroatoms. The Bertz CT molecular complexity index is 498. The largest absolute Gasteiger partial charge is 0.397 e. The molecule has 0 aliphatic carbocycles. The van der Waals surface area contributed by atoms with Crippen molar-refractivity contribution in [3.8, 4) is 11.1 Å². The SMILES string of the molecule is Nc1cc(-c2ccc(Cl)cc2)cc(Cl)c1N. The van der Waals surface area contributed by atoms with Gasteiger partial charge in [-0.15, -0.1) is 0 Å². The second kappa shape index (κ2) is 4.24. The molecule has 4 N–H and O–H groups in total. The molecule has 0 spiro atoms. The highest BCUT2D eigenvalue weighted by Gasteiger charge is 2.05. The molecular formula is C12H10Cl2N2. The molecule has 0 unspecified atom stereocenters. The minimum absolute atomic E-state index is 0.416. The monoisotopic (exact) mass is 252 g/mol. The maximum Gasteiger partial charge on any atom is 0.0737 e. The van der Waals surface area contributed by atoms with E-state index in [1.165, 1.54) is 0 Å². The van der Waals surface area contributed by atoms with Crippen LogP contribution in [0.1, 0.15) is 0 Å². The zero-order chi connectivity index (χ0) is 11.7. The quantitative estimate of drug-likeness (QED) is 0.759. The molecule has 0 fully saturated rings. The Morgan fingerprint density at radius 1 is 0.812 bits per heavy atom. The first kappa shape index (κ1) is 11.1. The van der Waals surface area contributed by atoms with Crippen molar-refractivity contribution in [3.05, 3.63) is 46.4 Å². The summed E-state index contributed by atoms with van der Waals surface area (Å²) in [7, 11) is 0. The minimum atomic E-state index is 0.416. The third-order valence-corrected chi connectivity index (χ3v) is 2.90. The summed E-state index contributed by atoms with van der Waals surface area (Å²) < 4.78 is 0. The van der Waals surface area contributed by atoms with Crippen LogP contribution in [0.15, 0.2) is 36.4 Å². The molecule has 0 aliphatic heterocycles. The average Bonchev–Trinajstić information content (AvgIpc) is 2.26. The van der Waals surface area contributed by atoms with Gasteiger partial charge in [0.1, 0.15) is 0 Å². The highest BCUT2D eigenvalue weighted by Crippen LogP contribution is 2.32. The second-order valence-corrected chi connectivity index (χ2v) is 4.31. The first-order valence-corrected chi connectivity index (χ1v) is 5.44. The lowest BCUT2D eigenvalue weighted by Gasteiger charge is -2.07.